The molecule has 0 aliphatic carbocycles. The topological polar surface area (TPSA) is 20.2 Å². The molecular formula is C17H18OS. The molecule has 19 heavy (non-hydrogen) atoms. The van der Waals surface area contributed by atoms with E-state index in [0.29, 0.717) is 0 Å². The predicted molar refractivity (Wildman–Crippen MR) is 82.0 cm³/mol. The monoisotopic (exact) mass is 270 g/mol. The number of benzene rings is 2. The maximum atomic E-state index is 10.4. The van der Waals surface area contributed by atoms with Gasteiger partial charge in [-0.1, -0.05) is 73.8 Å². The largest absolute Gasteiger partial charge is 0.388 e. The van der Waals surface area contributed by atoms with E-state index in [9.17, 15) is 5.11 Å². The molecule has 0 heterocycles. The number of hydrogen-bond acceptors (Lipinski definition) is 2. The minimum atomic E-state index is -0.509. The number of rotatable bonds is 5. The van der Waals surface area contributed by atoms with Gasteiger partial charge in [0.1, 0.15) is 0 Å². The van der Waals surface area contributed by atoms with Crippen LogP contribution in [0, 0.1) is 5.92 Å². The Bertz CT molecular complexity index is 521. The average molecular weight is 270 g/mol. The van der Waals surface area contributed by atoms with Crippen molar-refractivity contribution >= 4 is 11.8 Å². The molecule has 0 amide bonds. The van der Waals surface area contributed by atoms with Crippen LogP contribution in [0.1, 0.15) is 18.6 Å². The fraction of sp³-hybridized carbons (Fsp3) is 0.176. The lowest BCUT2D eigenvalue weighted by atomic mass is 9.97. The highest BCUT2D eigenvalue weighted by atomic mass is 32.2. The van der Waals surface area contributed by atoms with Crippen LogP contribution < -0.4 is 0 Å². The molecule has 0 saturated carbocycles. The quantitative estimate of drug-likeness (QED) is 0.797. The summed E-state index contributed by atoms with van der Waals surface area (Å²) in [4.78, 5) is 2.13. The molecule has 0 bridgehead atoms. The van der Waals surface area contributed by atoms with Crippen LogP contribution in [0.25, 0.3) is 0 Å². The molecule has 0 aromatic heterocycles. The van der Waals surface area contributed by atoms with Gasteiger partial charge in [-0.2, -0.15) is 0 Å². The fourth-order valence-electron chi connectivity index (χ4n) is 1.85. The van der Waals surface area contributed by atoms with Gasteiger partial charge in [-0.15, -0.1) is 0 Å². The second kappa shape index (κ2) is 6.60. The first-order chi connectivity index (χ1) is 9.18. The molecule has 0 spiro atoms. The maximum Gasteiger partial charge on any atom is 0.0860 e. The number of thioether (sulfide) groups is 1. The van der Waals surface area contributed by atoms with Crippen LogP contribution in [-0.4, -0.2) is 5.11 Å². The third kappa shape index (κ3) is 3.72. The average Bonchev–Trinajstić information content (AvgIpc) is 2.47. The van der Waals surface area contributed by atoms with Crippen molar-refractivity contribution in [3.05, 3.63) is 77.7 Å². The summed E-state index contributed by atoms with van der Waals surface area (Å²) in [5.74, 6) is 0.00704. The number of hydrogen-bond donors (Lipinski definition) is 1. The van der Waals surface area contributed by atoms with E-state index in [0.717, 1.165) is 15.4 Å². The first-order valence-electron chi connectivity index (χ1n) is 6.33. The van der Waals surface area contributed by atoms with Crippen LogP contribution in [-0.2, 0) is 0 Å². The van der Waals surface area contributed by atoms with Crippen molar-refractivity contribution in [1.29, 1.82) is 0 Å². The van der Waals surface area contributed by atoms with Crippen LogP contribution in [0.4, 0.5) is 0 Å². The molecule has 0 radical (unpaired) electrons. The third-order valence-corrected chi connectivity index (χ3v) is 4.26. The van der Waals surface area contributed by atoms with Gasteiger partial charge in [0.2, 0.25) is 0 Å². The summed E-state index contributed by atoms with van der Waals surface area (Å²) in [7, 11) is 0. The molecule has 2 aromatic rings. The van der Waals surface area contributed by atoms with Crippen LogP contribution in [0.5, 0.6) is 0 Å². The van der Waals surface area contributed by atoms with E-state index in [4.69, 9.17) is 0 Å². The Morgan fingerprint density at radius 1 is 1.00 bits per heavy atom. The van der Waals surface area contributed by atoms with Crippen molar-refractivity contribution in [3.63, 3.8) is 0 Å². The lowest BCUT2D eigenvalue weighted by Gasteiger charge is -2.21. The Hall–Kier alpha value is -1.51. The fourth-order valence-corrected chi connectivity index (χ4v) is 2.76. The van der Waals surface area contributed by atoms with Crippen molar-refractivity contribution in [2.75, 3.05) is 0 Å². The van der Waals surface area contributed by atoms with E-state index in [1.165, 1.54) is 0 Å². The summed E-state index contributed by atoms with van der Waals surface area (Å²) in [6, 6.07) is 19.8. The lowest BCUT2D eigenvalue weighted by molar-refractivity contribution is 0.138. The van der Waals surface area contributed by atoms with Crippen molar-refractivity contribution in [3.8, 4) is 0 Å². The minimum absolute atomic E-state index is 0.00704. The van der Waals surface area contributed by atoms with Gasteiger partial charge < -0.3 is 5.11 Å². The highest BCUT2D eigenvalue weighted by Crippen LogP contribution is 2.36. The molecule has 0 unspecified atom stereocenters. The predicted octanol–water partition coefficient (Wildman–Crippen LogP) is 4.66. The molecule has 2 heteroatoms. The molecule has 0 aliphatic heterocycles. The van der Waals surface area contributed by atoms with Gasteiger partial charge in [0.15, 0.2) is 0 Å². The van der Waals surface area contributed by atoms with Crippen molar-refractivity contribution in [2.24, 2.45) is 5.92 Å². The van der Waals surface area contributed by atoms with Gasteiger partial charge in [-0.05, 0) is 22.6 Å². The molecule has 0 saturated heterocycles. The molecule has 2 aromatic carbocycles. The summed E-state index contributed by atoms with van der Waals surface area (Å²) in [5, 5.41) is 10.4. The zero-order valence-electron chi connectivity index (χ0n) is 11.0. The molecule has 2 rings (SSSR count). The smallest absolute Gasteiger partial charge is 0.0860 e. The van der Waals surface area contributed by atoms with Crippen molar-refractivity contribution in [2.45, 2.75) is 17.9 Å². The minimum Gasteiger partial charge on any atom is -0.388 e. The SMILES string of the molecule is C=C(Sc1ccccc1)[C@H](C)[C@@H](O)c1ccccc1. The van der Waals surface area contributed by atoms with Gasteiger partial charge in [0, 0.05) is 10.8 Å². The van der Waals surface area contributed by atoms with Gasteiger partial charge in [0.25, 0.3) is 0 Å². The standard InChI is InChI=1S/C17H18OS/c1-13(17(18)15-9-5-3-6-10-15)14(2)19-16-11-7-4-8-12-16/h3-13,17-18H,2H2,1H3/t13-,17+/m0/s1. The normalized spacial score (nSPS) is 13.8. The third-order valence-electron chi connectivity index (χ3n) is 3.11. The Balaban J connectivity index is 2.03. The van der Waals surface area contributed by atoms with Crippen LogP contribution in [0.2, 0.25) is 0 Å². The van der Waals surface area contributed by atoms with Crippen LogP contribution in [0.3, 0.4) is 0 Å². The lowest BCUT2D eigenvalue weighted by Crippen LogP contribution is -2.09. The second-order valence-corrected chi connectivity index (χ2v) is 5.73. The molecule has 0 fully saturated rings. The summed E-state index contributed by atoms with van der Waals surface area (Å²) >= 11 is 1.62. The highest BCUT2D eigenvalue weighted by molar-refractivity contribution is 8.03. The Morgan fingerprint density at radius 3 is 2.11 bits per heavy atom. The summed E-state index contributed by atoms with van der Waals surface area (Å²) in [6.07, 6.45) is -0.509. The van der Waals surface area contributed by atoms with E-state index in [1.54, 1.807) is 11.8 Å². The van der Waals surface area contributed by atoms with E-state index >= 15 is 0 Å². The molecular weight excluding hydrogens is 252 g/mol. The Morgan fingerprint density at radius 2 is 1.53 bits per heavy atom. The highest BCUT2D eigenvalue weighted by Gasteiger charge is 2.19. The molecule has 1 N–H and O–H groups in total. The van der Waals surface area contributed by atoms with Gasteiger partial charge in [0.05, 0.1) is 6.10 Å². The number of aliphatic hydroxyl groups is 1. The maximum absolute atomic E-state index is 10.4. The molecule has 98 valence electrons. The van der Waals surface area contributed by atoms with Crippen LogP contribution in [0.15, 0.2) is 77.0 Å². The van der Waals surface area contributed by atoms with Crippen molar-refractivity contribution in [1.82, 2.24) is 0 Å². The van der Waals surface area contributed by atoms with Crippen molar-refractivity contribution < 1.29 is 5.11 Å². The summed E-state index contributed by atoms with van der Waals surface area (Å²) in [5.41, 5.74) is 0.935. The van der Waals surface area contributed by atoms with Gasteiger partial charge >= 0.3 is 0 Å². The van der Waals surface area contributed by atoms with E-state index < -0.39 is 6.10 Å². The summed E-state index contributed by atoms with van der Waals surface area (Å²) < 4.78 is 0. The molecule has 0 aliphatic rings. The van der Waals surface area contributed by atoms with E-state index in [1.807, 2.05) is 55.5 Å². The molecule has 2 atom stereocenters. The summed E-state index contributed by atoms with van der Waals surface area (Å²) in [6.45, 7) is 6.11. The first-order valence-corrected chi connectivity index (χ1v) is 7.15. The number of aliphatic hydroxyl groups excluding tert-OH is 1. The van der Waals surface area contributed by atoms with E-state index in [2.05, 4.69) is 18.7 Å². The zero-order chi connectivity index (χ0) is 13.7. The van der Waals surface area contributed by atoms with Gasteiger partial charge in [-0.3, -0.25) is 0 Å². The molecule has 1 nitrogen and oxygen atoms in total. The Labute approximate surface area is 119 Å². The second-order valence-electron chi connectivity index (χ2n) is 4.53. The van der Waals surface area contributed by atoms with E-state index in [-0.39, 0.29) is 5.92 Å². The van der Waals surface area contributed by atoms with Crippen LogP contribution >= 0.6 is 11.8 Å². The zero-order valence-corrected chi connectivity index (χ0v) is 11.8. The Kier molecular flexibility index (Phi) is 4.83. The van der Waals surface area contributed by atoms with Gasteiger partial charge in [-0.25, -0.2) is 0 Å². The first kappa shape index (κ1) is 13.9.